The topological polar surface area (TPSA) is 20.2 Å². The molecule has 2 heteroatoms. The second-order valence-electron chi connectivity index (χ2n) is 4.38. The molecule has 1 aromatic carbocycles. The summed E-state index contributed by atoms with van der Waals surface area (Å²) in [6.07, 6.45) is 1.53. The first-order chi connectivity index (χ1) is 8.27. The van der Waals surface area contributed by atoms with Crippen LogP contribution in [0.1, 0.15) is 29.7 Å². The number of hydrogen-bond donors (Lipinski definition) is 1. The van der Waals surface area contributed by atoms with Crippen molar-refractivity contribution in [3.8, 4) is 0 Å². The normalized spacial score (nSPS) is 14.5. The zero-order chi connectivity index (χ0) is 12.1. The summed E-state index contributed by atoms with van der Waals surface area (Å²) in [4.78, 5) is 1.35. The fourth-order valence-electron chi connectivity index (χ4n) is 1.97. The minimum Gasteiger partial charge on any atom is -0.392 e. The summed E-state index contributed by atoms with van der Waals surface area (Å²) in [5, 5.41) is 12.3. The third-order valence-corrected chi connectivity index (χ3v) is 4.11. The minimum absolute atomic E-state index is 0.205. The quantitative estimate of drug-likeness (QED) is 0.849. The lowest BCUT2D eigenvalue weighted by molar-refractivity contribution is 0.140. The van der Waals surface area contributed by atoms with Gasteiger partial charge in [-0.2, -0.15) is 0 Å². The van der Waals surface area contributed by atoms with E-state index in [4.69, 9.17) is 0 Å². The minimum atomic E-state index is -0.264. The highest BCUT2D eigenvalue weighted by molar-refractivity contribution is 7.09. The van der Waals surface area contributed by atoms with Crippen LogP contribution in [-0.4, -0.2) is 11.2 Å². The van der Waals surface area contributed by atoms with Gasteiger partial charge in [0, 0.05) is 10.8 Å². The molecule has 2 aromatic rings. The van der Waals surface area contributed by atoms with Crippen molar-refractivity contribution in [2.45, 2.75) is 31.8 Å². The van der Waals surface area contributed by atoms with Crippen LogP contribution in [0.2, 0.25) is 0 Å². The van der Waals surface area contributed by atoms with Gasteiger partial charge in [-0.15, -0.1) is 11.3 Å². The van der Waals surface area contributed by atoms with Crippen molar-refractivity contribution < 1.29 is 5.11 Å². The molecule has 2 rings (SSSR count). The Bertz CT molecular complexity index is 421. The van der Waals surface area contributed by atoms with E-state index >= 15 is 0 Å². The summed E-state index contributed by atoms with van der Waals surface area (Å²) in [7, 11) is 0. The Morgan fingerprint density at radius 1 is 1.12 bits per heavy atom. The molecule has 17 heavy (non-hydrogen) atoms. The summed E-state index contributed by atoms with van der Waals surface area (Å²) in [5.41, 5.74) is 1.21. The Balaban J connectivity index is 1.89. The molecular weight excluding hydrogens is 228 g/mol. The molecule has 2 atom stereocenters. The number of benzene rings is 1. The van der Waals surface area contributed by atoms with E-state index in [2.05, 4.69) is 36.6 Å². The Morgan fingerprint density at radius 2 is 1.88 bits per heavy atom. The molecule has 0 radical (unpaired) electrons. The van der Waals surface area contributed by atoms with Gasteiger partial charge < -0.3 is 5.11 Å². The van der Waals surface area contributed by atoms with Gasteiger partial charge in [-0.1, -0.05) is 43.3 Å². The maximum Gasteiger partial charge on any atom is 0.0609 e. The zero-order valence-electron chi connectivity index (χ0n) is 10.0. The molecule has 1 aromatic heterocycles. The third kappa shape index (κ3) is 3.42. The Labute approximate surface area is 107 Å². The van der Waals surface area contributed by atoms with Gasteiger partial charge in [-0.25, -0.2) is 0 Å². The van der Waals surface area contributed by atoms with Crippen LogP contribution in [0.3, 0.4) is 0 Å². The monoisotopic (exact) mass is 246 g/mol. The molecule has 1 nitrogen and oxygen atoms in total. The summed E-state index contributed by atoms with van der Waals surface area (Å²) in [5.74, 6) is 0.205. The Morgan fingerprint density at radius 3 is 2.53 bits per heavy atom. The zero-order valence-corrected chi connectivity index (χ0v) is 10.9. The molecule has 0 spiro atoms. The predicted molar refractivity (Wildman–Crippen MR) is 73.5 cm³/mol. The molecule has 0 aliphatic heterocycles. The first-order valence-corrected chi connectivity index (χ1v) is 6.90. The number of hydrogen-bond acceptors (Lipinski definition) is 2. The van der Waals surface area contributed by atoms with Crippen LogP contribution < -0.4 is 0 Å². The predicted octanol–water partition coefficient (Wildman–Crippen LogP) is 3.85. The van der Waals surface area contributed by atoms with Crippen LogP contribution >= 0.6 is 11.3 Å². The highest BCUT2D eigenvalue weighted by Gasteiger charge is 2.15. The highest BCUT2D eigenvalue weighted by Crippen LogP contribution is 2.22. The molecule has 0 aliphatic rings. The molecule has 90 valence electrons. The average molecular weight is 246 g/mol. The fraction of sp³-hybridized carbons (Fsp3) is 0.333. The van der Waals surface area contributed by atoms with Crippen molar-refractivity contribution in [2.75, 3.05) is 0 Å². The molecule has 1 heterocycles. The first-order valence-electron chi connectivity index (χ1n) is 6.03. The Kier molecular flexibility index (Phi) is 4.35. The lowest BCUT2D eigenvalue weighted by atomic mass is 9.92. The van der Waals surface area contributed by atoms with Gasteiger partial charge in [-0.05, 0) is 29.9 Å². The molecule has 0 bridgehead atoms. The van der Waals surface area contributed by atoms with E-state index in [-0.39, 0.29) is 12.0 Å². The maximum absolute atomic E-state index is 10.2. The smallest absolute Gasteiger partial charge is 0.0609 e. The van der Waals surface area contributed by atoms with Crippen molar-refractivity contribution in [1.29, 1.82) is 0 Å². The number of aryl methyl sites for hydroxylation is 1. The molecule has 2 unspecified atom stereocenters. The fourth-order valence-corrected chi connectivity index (χ4v) is 2.70. The van der Waals surface area contributed by atoms with Crippen LogP contribution in [0.4, 0.5) is 0 Å². The van der Waals surface area contributed by atoms with Crippen molar-refractivity contribution >= 4 is 11.3 Å². The SMILES string of the molecule is CC(c1ccccc1)C(O)CCc1cccs1. The summed E-state index contributed by atoms with van der Waals surface area (Å²) in [6, 6.07) is 14.4. The summed E-state index contributed by atoms with van der Waals surface area (Å²) >= 11 is 1.76. The number of aliphatic hydroxyl groups is 1. The van der Waals surface area contributed by atoms with E-state index in [1.54, 1.807) is 11.3 Å². The average Bonchev–Trinajstić information content (AvgIpc) is 2.89. The van der Waals surface area contributed by atoms with Crippen molar-refractivity contribution in [1.82, 2.24) is 0 Å². The second-order valence-corrected chi connectivity index (χ2v) is 5.42. The van der Waals surface area contributed by atoms with Crippen LogP contribution in [0, 0.1) is 0 Å². The highest BCUT2D eigenvalue weighted by atomic mass is 32.1. The Hall–Kier alpha value is -1.12. The number of thiophene rings is 1. The van der Waals surface area contributed by atoms with Crippen molar-refractivity contribution in [3.05, 3.63) is 58.3 Å². The summed E-state index contributed by atoms with van der Waals surface area (Å²) < 4.78 is 0. The second kappa shape index (κ2) is 5.99. The molecular formula is C15H18OS. The van der Waals surface area contributed by atoms with Gasteiger partial charge in [0.15, 0.2) is 0 Å². The lowest BCUT2D eigenvalue weighted by Gasteiger charge is -2.18. The molecule has 0 fully saturated rings. The van der Waals surface area contributed by atoms with Crippen molar-refractivity contribution in [2.24, 2.45) is 0 Å². The molecule has 0 saturated heterocycles. The van der Waals surface area contributed by atoms with E-state index in [9.17, 15) is 5.11 Å². The van der Waals surface area contributed by atoms with Gasteiger partial charge in [0.1, 0.15) is 0 Å². The van der Waals surface area contributed by atoms with Crippen LogP contribution in [0.25, 0.3) is 0 Å². The number of aliphatic hydroxyl groups excluding tert-OH is 1. The van der Waals surface area contributed by atoms with E-state index in [1.165, 1.54) is 10.4 Å². The van der Waals surface area contributed by atoms with Crippen molar-refractivity contribution in [3.63, 3.8) is 0 Å². The van der Waals surface area contributed by atoms with Gasteiger partial charge in [-0.3, -0.25) is 0 Å². The third-order valence-electron chi connectivity index (χ3n) is 3.17. The number of rotatable bonds is 5. The molecule has 1 N–H and O–H groups in total. The molecule has 0 amide bonds. The van der Waals surface area contributed by atoms with E-state index in [1.807, 2.05) is 18.2 Å². The van der Waals surface area contributed by atoms with E-state index in [0.29, 0.717) is 0 Å². The lowest BCUT2D eigenvalue weighted by Crippen LogP contribution is -2.16. The standard InChI is InChI=1S/C15H18OS/c1-12(13-6-3-2-4-7-13)15(16)10-9-14-8-5-11-17-14/h2-8,11-12,15-16H,9-10H2,1H3. The van der Waals surface area contributed by atoms with Gasteiger partial charge >= 0.3 is 0 Å². The van der Waals surface area contributed by atoms with Crippen LogP contribution in [0.5, 0.6) is 0 Å². The van der Waals surface area contributed by atoms with Crippen LogP contribution in [-0.2, 0) is 6.42 Å². The first kappa shape index (κ1) is 12.3. The van der Waals surface area contributed by atoms with E-state index < -0.39 is 0 Å². The molecule has 0 saturated carbocycles. The summed E-state index contributed by atoms with van der Waals surface area (Å²) in [6.45, 7) is 2.09. The molecule has 0 aliphatic carbocycles. The van der Waals surface area contributed by atoms with Gasteiger partial charge in [0.2, 0.25) is 0 Å². The van der Waals surface area contributed by atoms with E-state index in [0.717, 1.165) is 12.8 Å². The van der Waals surface area contributed by atoms with Crippen LogP contribution in [0.15, 0.2) is 47.8 Å². The largest absolute Gasteiger partial charge is 0.392 e. The van der Waals surface area contributed by atoms with Gasteiger partial charge in [0.25, 0.3) is 0 Å². The van der Waals surface area contributed by atoms with Gasteiger partial charge in [0.05, 0.1) is 6.10 Å². The maximum atomic E-state index is 10.2.